The van der Waals surface area contributed by atoms with E-state index in [2.05, 4.69) is 0 Å². The summed E-state index contributed by atoms with van der Waals surface area (Å²) in [6.45, 7) is -0.270. The van der Waals surface area contributed by atoms with Crippen molar-refractivity contribution in [1.82, 2.24) is 4.90 Å². The highest BCUT2D eigenvalue weighted by Gasteiger charge is 2.42. The van der Waals surface area contributed by atoms with Crippen molar-refractivity contribution in [2.75, 3.05) is 18.1 Å². The van der Waals surface area contributed by atoms with Crippen LogP contribution in [0, 0.1) is 5.82 Å². The summed E-state index contributed by atoms with van der Waals surface area (Å²) in [6.07, 6.45) is 2.26. The van der Waals surface area contributed by atoms with Crippen LogP contribution in [0.2, 0.25) is 0 Å². The Hall–Kier alpha value is -1.63. The van der Waals surface area contributed by atoms with E-state index in [1.165, 1.54) is 12.1 Å². The first kappa shape index (κ1) is 15.3. The first-order valence-electron chi connectivity index (χ1n) is 7.35. The van der Waals surface area contributed by atoms with Gasteiger partial charge in [-0.25, -0.2) is 12.8 Å². The molecule has 2 fully saturated rings. The molecular formula is C15H18FNO4S. The molecule has 1 saturated carbocycles. The van der Waals surface area contributed by atoms with Crippen molar-refractivity contribution in [3.05, 3.63) is 30.1 Å². The van der Waals surface area contributed by atoms with Gasteiger partial charge in [0.25, 0.3) is 5.91 Å². The highest BCUT2D eigenvalue weighted by molar-refractivity contribution is 7.91. The molecule has 1 saturated heterocycles. The molecule has 22 heavy (non-hydrogen) atoms. The molecule has 0 bridgehead atoms. The highest BCUT2D eigenvalue weighted by Crippen LogP contribution is 2.32. The molecule has 1 heterocycles. The number of para-hydroxylation sites is 1. The second kappa shape index (κ2) is 5.87. The third-order valence-corrected chi connectivity index (χ3v) is 5.77. The monoisotopic (exact) mass is 327 g/mol. The van der Waals surface area contributed by atoms with Gasteiger partial charge < -0.3 is 9.64 Å². The molecule has 120 valence electrons. The Balaban J connectivity index is 1.65. The number of sulfone groups is 1. The summed E-state index contributed by atoms with van der Waals surface area (Å²) in [4.78, 5) is 14.0. The average molecular weight is 327 g/mol. The number of carbonyl (C=O) groups is 1. The van der Waals surface area contributed by atoms with E-state index < -0.39 is 15.7 Å². The Morgan fingerprint density at radius 2 is 1.95 bits per heavy atom. The van der Waals surface area contributed by atoms with Crippen molar-refractivity contribution in [2.24, 2.45) is 0 Å². The highest BCUT2D eigenvalue weighted by atomic mass is 32.2. The maximum absolute atomic E-state index is 13.5. The van der Waals surface area contributed by atoms with Gasteiger partial charge in [0.1, 0.15) is 0 Å². The van der Waals surface area contributed by atoms with Crippen molar-refractivity contribution in [3.63, 3.8) is 0 Å². The van der Waals surface area contributed by atoms with Crippen LogP contribution in [0.5, 0.6) is 5.75 Å². The smallest absolute Gasteiger partial charge is 0.261 e. The summed E-state index contributed by atoms with van der Waals surface area (Å²) in [5, 5.41) is 0. The number of ether oxygens (including phenoxy) is 1. The number of rotatable bonds is 5. The molecule has 7 heteroatoms. The summed E-state index contributed by atoms with van der Waals surface area (Å²) in [5.74, 6) is -0.604. The van der Waals surface area contributed by atoms with Gasteiger partial charge in [0.05, 0.1) is 11.5 Å². The third-order valence-electron chi connectivity index (χ3n) is 4.02. The fraction of sp³-hybridized carbons (Fsp3) is 0.533. The van der Waals surface area contributed by atoms with Crippen LogP contribution >= 0.6 is 0 Å². The standard InChI is InChI=1S/C15H18FNO4S/c16-13-3-1-2-4-14(13)21-9-15(18)17(11-5-6-11)12-7-8-22(19,20)10-12/h1-4,11-12H,5-10H2. The second-order valence-electron chi connectivity index (χ2n) is 5.81. The Kier molecular flexibility index (Phi) is 4.08. The van der Waals surface area contributed by atoms with E-state index in [0.29, 0.717) is 6.42 Å². The summed E-state index contributed by atoms with van der Waals surface area (Å²) < 4.78 is 42.0. The number of hydrogen-bond acceptors (Lipinski definition) is 4. The van der Waals surface area contributed by atoms with Crippen molar-refractivity contribution >= 4 is 15.7 Å². The molecule has 0 spiro atoms. The van der Waals surface area contributed by atoms with E-state index in [0.717, 1.165) is 12.8 Å². The minimum absolute atomic E-state index is 0.0228. The van der Waals surface area contributed by atoms with Crippen LogP contribution in [-0.4, -0.2) is 49.4 Å². The predicted octanol–water partition coefficient (Wildman–Crippen LogP) is 1.38. The molecule has 1 aliphatic heterocycles. The SMILES string of the molecule is O=C(COc1ccccc1F)N(C1CC1)C1CCS(=O)(=O)C1. The lowest BCUT2D eigenvalue weighted by Gasteiger charge is -2.28. The van der Waals surface area contributed by atoms with Gasteiger partial charge in [-0.1, -0.05) is 12.1 Å². The van der Waals surface area contributed by atoms with Crippen LogP contribution in [0.1, 0.15) is 19.3 Å². The summed E-state index contributed by atoms with van der Waals surface area (Å²) in [5.41, 5.74) is 0. The number of hydrogen-bond donors (Lipinski definition) is 0. The zero-order chi connectivity index (χ0) is 15.7. The molecule has 5 nitrogen and oxygen atoms in total. The Bertz CT molecular complexity index is 672. The maximum Gasteiger partial charge on any atom is 0.261 e. The minimum atomic E-state index is -3.05. The van der Waals surface area contributed by atoms with Crippen LogP contribution in [-0.2, 0) is 14.6 Å². The van der Waals surface area contributed by atoms with Crippen molar-refractivity contribution < 1.29 is 22.3 Å². The van der Waals surface area contributed by atoms with Gasteiger partial charge in [0.15, 0.2) is 28.0 Å². The molecule has 1 unspecified atom stereocenters. The Morgan fingerprint density at radius 1 is 1.23 bits per heavy atom. The molecular weight excluding hydrogens is 309 g/mol. The van der Waals surface area contributed by atoms with E-state index in [1.54, 1.807) is 17.0 Å². The van der Waals surface area contributed by atoms with Crippen molar-refractivity contribution in [2.45, 2.75) is 31.3 Å². The van der Waals surface area contributed by atoms with Crippen LogP contribution in [0.25, 0.3) is 0 Å². The number of amides is 1. The minimum Gasteiger partial charge on any atom is -0.481 e. The average Bonchev–Trinajstić information content (AvgIpc) is 3.22. The van der Waals surface area contributed by atoms with Gasteiger partial charge in [0.2, 0.25) is 0 Å². The lowest BCUT2D eigenvalue weighted by Crippen LogP contribution is -2.45. The van der Waals surface area contributed by atoms with Crippen LogP contribution < -0.4 is 4.74 Å². The topological polar surface area (TPSA) is 63.7 Å². The lowest BCUT2D eigenvalue weighted by atomic mass is 10.2. The fourth-order valence-corrected chi connectivity index (χ4v) is 4.54. The Morgan fingerprint density at radius 3 is 2.55 bits per heavy atom. The predicted molar refractivity (Wildman–Crippen MR) is 78.8 cm³/mol. The van der Waals surface area contributed by atoms with Crippen molar-refractivity contribution in [1.29, 1.82) is 0 Å². The van der Waals surface area contributed by atoms with Gasteiger partial charge in [-0.05, 0) is 31.4 Å². The normalized spacial score (nSPS) is 23.2. The molecule has 1 amide bonds. The zero-order valence-corrected chi connectivity index (χ0v) is 12.9. The maximum atomic E-state index is 13.5. The fourth-order valence-electron chi connectivity index (χ4n) is 2.83. The van der Waals surface area contributed by atoms with E-state index in [9.17, 15) is 17.6 Å². The molecule has 1 aromatic rings. The van der Waals surface area contributed by atoms with Gasteiger partial charge >= 0.3 is 0 Å². The number of nitrogens with zero attached hydrogens (tertiary/aromatic N) is 1. The molecule has 3 rings (SSSR count). The second-order valence-corrected chi connectivity index (χ2v) is 8.04. The third kappa shape index (κ3) is 3.40. The van der Waals surface area contributed by atoms with Crippen molar-refractivity contribution in [3.8, 4) is 5.75 Å². The summed E-state index contributed by atoms with van der Waals surface area (Å²) >= 11 is 0. The molecule has 0 N–H and O–H groups in total. The largest absolute Gasteiger partial charge is 0.481 e. The van der Waals surface area contributed by atoms with E-state index in [4.69, 9.17) is 4.74 Å². The lowest BCUT2D eigenvalue weighted by molar-refractivity contribution is -0.136. The van der Waals surface area contributed by atoms with Crippen LogP contribution in [0.3, 0.4) is 0 Å². The first-order valence-corrected chi connectivity index (χ1v) is 9.17. The molecule has 0 aromatic heterocycles. The van der Waals surface area contributed by atoms with Gasteiger partial charge in [-0.2, -0.15) is 0 Å². The summed E-state index contributed by atoms with van der Waals surface area (Å²) in [6, 6.07) is 5.74. The molecule has 1 aliphatic carbocycles. The van der Waals surface area contributed by atoms with Crippen LogP contribution in [0.4, 0.5) is 4.39 Å². The van der Waals surface area contributed by atoms with Gasteiger partial charge in [-0.3, -0.25) is 4.79 Å². The number of benzene rings is 1. The molecule has 1 aromatic carbocycles. The van der Waals surface area contributed by atoms with E-state index in [-0.39, 0.29) is 41.9 Å². The van der Waals surface area contributed by atoms with Crippen LogP contribution in [0.15, 0.2) is 24.3 Å². The summed E-state index contributed by atoms with van der Waals surface area (Å²) in [7, 11) is -3.05. The molecule has 1 atom stereocenters. The van der Waals surface area contributed by atoms with E-state index in [1.807, 2.05) is 0 Å². The zero-order valence-electron chi connectivity index (χ0n) is 12.1. The number of carbonyl (C=O) groups excluding carboxylic acids is 1. The van der Waals surface area contributed by atoms with Gasteiger partial charge in [-0.15, -0.1) is 0 Å². The quantitative estimate of drug-likeness (QED) is 0.820. The van der Waals surface area contributed by atoms with E-state index >= 15 is 0 Å². The first-order chi connectivity index (χ1) is 10.5. The van der Waals surface area contributed by atoms with Gasteiger partial charge in [0, 0.05) is 12.1 Å². The Labute approximate surface area is 129 Å². The molecule has 2 aliphatic rings. The number of halogens is 1. The molecule has 0 radical (unpaired) electrons.